The molecular formula is C13H20N3O6S-. The zero-order valence-corrected chi connectivity index (χ0v) is 13.4. The number of carbonyl (C=O) groups is 4. The van der Waals surface area contributed by atoms with Crippen molar-refractivity contribution in [3.05, 3.63) is 12.7 Å². The summed E-state index contributed by atoms with van der Waals surface area (Å²) in [7, 11) is 0. The minimum absolute atomic E-state index is 0.0264. The molecular weight excluding hydrogens is 326 g/mol. The summed E-state index contributed by atoms with van der Waals surface area (Å²) in [4.78, 5) is 44.5. The second-order valence-corrected chi connectivity index (χ2v) is 5.67. The second kappa shape index (κ2) is 11.5. The molecule has 0 aliphatic heterocycles. The van der Waals surface area contributed by atoms with E-state index in [1.165, 1.54) is 11.8 Å². The summed E-state index contributed by atoms with van der Waals surface area (Å²) in [6, 6.07) is -1.97. The van der Waals surface area contributed by atoms with Crippen molar-refractivity contribution in [2.24, 2.45) is 0 Å². The van der Waals surface area contributed by atoms with Gasteiger partial charge in [-0.05, 0) is 0 Å². The highest BCUT2D eigenvalue weighted by Crippen LogP contribution is 2.04. The molecule has 0 aromatic carbocycles. The number of carbonyl (C=O) groups excluding carboxylic acids is 4. The van der Waals surface area contributed by atoms with Crippen LogP contribution in [-0.4, -0.2) is 53.9 Å². The Morgan fingerprint density at radius 3 is 2.43 bits per heavy atom. The summed E-state index contributed by atoms with van der Waals surface area (Å²) < 4.78 is 0. The fourth-order valence-electron chi connectivity index (χ4n) is 1.42. The molecule has 0 saturated heterocycles. The fourth-order valence-corrected chi connectivity index (χ4v) is 2.20. The number of rotatable bonds is 12. The molecule has 23 heavy (non-hydrogen) atoms. The lowest BCUT2D eigenvalue weighted by Crippen LogP contribution is -2.68. The predicted octanol–water partition coefficient (Wildman–Crippen LogP) is -4.60. The van der Waals surface area contributed by atoms with Crippen LogP contribution in [0.2, 0.25) is 0 Å². The van der Waals surface area contributed by atoms with Gasteiger partial charge in [0.05, 0.1) is 18.5 Å². The van der Waals surface area contributed by atoms with E-state index in [-0.39, 0.29) is 18.6 Å². The normalized spacial score (nSPS) is 12.7. The van der Waals surface area contributed by atoms with Crippen molar-refractivity contribution in [2.75, 3.05) is 18.1 Å². The Kier molecular flexibility index (Phi) is 10.5. The molecule has 2 amide bonds. The first-order chi connectivity index (χ1) is 10.8. The third-order valence-electron chi connectivity index (χ3n) is 2.63. The lowest BCUT2D eigenvalue weighted by molar-refractivity contribution is -0.438. The van der Waals surface area contributed by atoms with Crippen LogP contribution in [0.25, 0.3) is 0 Å². The summed E-state index contributed by atoms with van der Waals surface area (Å²) in [5.74, 6) is -3.24. The number of aliphatic carboxylic acids is 2. The highest BCUT2D eigenvalue weighted by Gasteiger charge is 2.21. The van der Waals surface area contributed by atoms with Crippen molar-refractivity contribution in [1.29, 1.82) is 0 Å². The number of hydrogen-bond donors (Lipinski definition) is 3. The van der Waals surface area contributed by atoms with Crippen LogP contribution in [-0.2, 0) is 19.2 Å². The third-order valence-corrected chi connectivity index (χ3v) is 3.67. The van der Waals surface area contributed by atoms with Gasteiger partial charge in [0, 0.05) is 24.3 Å². The Morgan fingerprint density at radius 1 is 1.26 bits per heavy atom. The highest BCUT2D eigenvalue weighted by atomic mass is 32.2. The summed E-state index contributed by atoms with van der Waals surface area (Å²) in [5.41, 5.74) is 3.32. The maximum atomic E-state index is 11.9. The molecule has 0 fully saturated rings. The number of carboxylic acid groups (broad SMARTS) is 2. The summed E-state index contributed by atoms with van der Waals surface area (Å²) >= 11 is 1.32. The summed E-state index contributed by atoms with van der Waals surface area (Å²) in [6.45, 7) is 2.86. The van der Waals surface area contributed by atoms with Gasteiger partial charge >= 0.3 is 0 Å². The molecule has 0 aromatic heterocycles. The van der Waals surface area contributed by atoms with Crippen molar-refractivity contribution in [2.45, 2.75) is 24.9 Å². The van der Waals surface area contributed by atoms with Crippen molar-refractivity contribution >= 4 is 35.5 Å². The van der Waals surface area contributed by atoms with Gasteiger partial charge in [-0.2, -0.15) is 11.8 Å². The molecule has 0 rings (SSSR count). The first-order valence-electron chi connectivity index (χ1n) is 6.77. The van der Waals surface area contributed by atoms with Crippen molar-refractivity contribution in [3.63, 3.8) is 0 Å². The summed E-state index contributed by atoms with van der Waals surface area (Å²) in [5, 5.41) is 25.4. The molecule has 9 nitrogen and oxygen atoms in total. The minimum Gasteiger partial charge on any atom is -0.548 e. The van der Waals surface area contributed by atoms with Crippen LogP contribution in [0.15, 0.2) is 12.7 Å². The van der Waals surface area contributed by atoms with Gasteiger partial charge < -0.3 is 36.2 Å². The smallest absolute Gasteiger partial charge is 0.243 e. The molecule has 0 bridgehead atoms. The van der Waals surface area contributed by atoms with E-state index in [1.807, 2.05) is 0 Å². The van der Waals surface area contributed by atoms with E-state index in [1.54, 1.807) is 6.08 Å². The van der Waals surface area contributed by atoms with Gasteiger partial charge in [0.15, 0.2) is 0 Å². The Bertz CT molecular complexity index is 457. The minimum atomic E-state index is -1.45. The van der Waals surface area contributed by atoms with Crippen LogP contribution in [0.5, 0.6) is 0 Å². The van der Waals surface area contributed by atoms with Crippen LogP contribution >= 0.6 is 11.8 Å². The van der Waals surface area contributed by atoms with E-state index in [4.69, 9.17) is 0 Å². The first kappa shape index (κ1) is 20.9. The molecule has 0 unspecified atom stereocenters. The average molecular weight is 346 g/mol. The topological polar surface area (TPSA) is 166 Å². The van der Waals surface area contributed by atoms with Crippen molar-refractivity contribution in [3.8, 4) is 0 Å². The maximum absolute atomic E-state index is 11.9. The van der Waals surface area contributed by atoms with Gasteiger partial charge in [-0.25, -0.2) is 0 Å². The standard InChI is InChI=1S/C13H21N3O6S/c1-2-5-23-7-9(12(20)15-6-11(18)19)16-10(17)4-3-8(14)13(21)22/h2,8-9H,1,3-7,14H2,(H,15,20)(H,16,17)(H,18,19)(H,21,22)/p-1/t8-,9-/m0/s1. The molecule has 10 heteroatoms. The van der Waals surface area contributed by atoms with E-state index < -0.39 is 42.4 Å². The van der Waals surface area contributed by atoms with Gasteiger partial charge in [-0.1, -0.05) is 6.08 Å². The largest absolute Gasteiger partial charge is 0.548 e. The molecule has 0 aromatic rings. The van der Waals surface area contributed by atoms with Crippen LogP contribution < -0.4 is 26.6 Å². The molecule has 0 heterocycles. The molecule has 0 radical (unpaired) electrons. The third kappa shape index (κ3) is 10.3. The van der Waals surface area contributed by atoms with Gasteiger partial charge in [0.1, 0.15) is 12.1 Å². The van der Waals surface area contributed by atoms with E-state index in [9.17, 15) is 29.4 Å². The zero-order chi connectivity index (χ0) is 17.8. The first-order valence-corrected chi connectivity index (χ1v) is 7.92. The molecule has 0 spiro atoms. The molecule has 5 N–H and O–H groups in total. The van der Waals surface area contributed by atoms with Gasteiger partial charge in [-0.15, -0.1) is 6.58 Å². The number of quaternary nitrogens is 1. The highest BCUT2D eigenvalue weighted by molar-refractivity contribution is 7.99. The Balaban J connectivity index is 4.50. The maximum Gasteiger partial charge on any atom is 0.243 e. The zero-order valence-electron chi connectivity index (χ0n) is 12.5. The fraction of sp³-hybridized carbons (Fsp3) is 0.538. The number of thioether (sulfide) groups is 1. The number of amides is 2. The lowest BCUT2D eigenvalue weighted by atomic mass is 10.1. The van der Waals surface area contributed by atoms with Gasteiger partial charge in [0.2, 0.25) is 11.8 Å². The summed E-state index contributed by atoms with van der Waals surface area (Å²) in [6.07, 6.45) is 1.45. The van der Waals surface area contributed by atoms with Crippen LogP contribution in [0.4, 0.5) is 0 Å². The monoisotopic (exact) mass is 346 g/mol. The van der Waals surface area contributed by atoms with Crippen LogP contribution in [0.3, 0.4) is 0 Å². The molecule has 0 aliphatic rings. The van der Waals surface area contributed by atoms with E-state index in [2.05, 4.69) is 22.9 Å². The molecule has 0 aliphatic carbocycles. The van der Waals surface area contributed by atoms with Crippen LogP contribution in [0, 0.1) is 0 Å². The predicted molar refractivity (Wildman–Crippen MR) is 78.4 cm³/mol. The lowest BCUT2D eigenvalue weighted by Gasteiger charge is -2.18. The Morgan fingerprint density at radius 2 is 1.91 bits per heavy atom. The van der Waals surface area contributed by atoms with Crippen LogP contribution in [0.1, 0.15) is 12.8 Å². The quantitative estimate of drug-likeness (QED) is 0.236. The number of nitrogens with one attached hydrogen (secondary N) is 2. The Hall–Kier alpha value is -2.07. The average Bonchev–Trinajstić information content (AvgIpc) is 2.49. The van der Waals surface area contributed by atoms with E-state index >= 15 is 0 Å². The van der Waals surface area contributed by atoms with E-state index in [0.717, 1.165) is 0 Å². The molecule has 0 saturated carbocycles. The second-order valence-electron chi connectivity index (χ2n) is 4.59. The van der Waals surface area contributed by atoms with Crippen molar-refractivity contribution < 1.29 is 35.1 Å². The van der Waals surface area contributed by atoms with E-state index in [0.29, 0.717) is 5.75 Å². The molecule has 130 valence electrons. The van der Waals surface area contributed by atoms with Gasteiger partial charge in [0.25, 0.3) is 0 Å². The number of hydrogen-bond acceptors (Lipinski definition) is 7. The molecule has 2 atom stereocenters. The Labute approximate surface area is 137 Å². The van der Waals surface area contributed by atoms with Crippen molar-refractivity contribution in [1.82, 2.24) is 10.6 Å². The number of carboxylic acids is 2. The van der Waals surface area contributed by atoms with Gasteiger partial charge in [-0.3, -0.25) is 9.59 Å². The SMILES string of the molecule is C=CCSC[C@H](NC(=O)CC[C@H]([NH3+])C(=O)[O-])C(=O)NCC(=O)[O-].